The number of esters is 1. The van der Waals surface area contributed by atoms with Gasteiger partial charge in [-0.3, -0.25) is 0 Å². The van der Waals surface area contributed by atoms with Crippen LogP contribution in [0, 0.1) is 0 Å². The summed E-state index contributed by atoms with van der Waals surface area (Å²) in [6.07, 6.45) is 2.83. The lowest BCUT2D eigenvalue weighted by molar-refractivity contribution is -0.189. The molecular formula is C19H22F3NO2. The molecule has 6 heteroatoms. The van der Waals surface area contributed by atoms with E-state index in [4.69, 9.17) is 0 Å². The Morgan fingerprint density at radius 3 is 2.56 bits per heavy atom. The molecule has 1 N–H and O–H groups in total. The molecule has 25 heavy (non-hydrogen) atoms. The van der Waals surface area contributed by atoms with Gasteiger partial charge in [0, 0.05) is 5.56 Å². The first-order valence-electron chi connectivity index (χ1n) is 8.78. The molecule has 1 fully saturated rings. The molecule has 2 aliphatic rings. The predicted molar refractivity (Wildman–Crippen MR) is 89.4 cm³/mol. The summed E-state index contributed by atoms with van der Waals surface area (Å²) in [5, 5.41) is 3.31. The minimum atomic E-state index is -4.99. The van der Waals surface area contributed by atoms with Crippen LogP contribution in [0.5, 0.6) is 5.75 Å². The zero-order valence-corrected chi connectivity index (χ0v) is 14.0. The van der Waals surface area contributed by atoms with E-state index in [0.717, 1.165) is 62.8 Å². The zero-order chi connectivity index (χ0) is 17.9. The fourth-order valence-electron chi connectivity index (χ4n) is 3.54. The molecule has 0 radical (unpaired) electrons. The highest BCUT2D eigenvalue weighted by Gasteiger charge is 2.41. The molecule has 1 aliphatic carbocycles. The van der Waals surface area contributed by atoms with Gasteiger partial charge in [0.05, 0.1) is 0 Å². The number of benzene rings is 1. The number of allylic oxidation sites excluding steroid dienone is 2. The van der Waals surface area contributed by atoms with Crippen LogP contribution in [0.4, 0.5) is 13.2 Å². The molecule has 1 aliphatic heterocycles. The van der Waals surface area contributed by atoms with Crippen molar-refractivity contribution in [1.82, 2.24) is 5.32 Å². The maximum atomic E-state index is 12.6. The van der Waals surface area contributed by atoms with Crippen LogP contribution < -0.4 is 10.1 Å². The van der Waals surface area contributed by atoms with Crippen LogP contribution in [0.1, 0.15) is 55.6 Å². The summed E-state index contributed by atoms with van der Waals surface area (Å²) in [6, 6.07) is 5.24. The highest BCUT2D eigenvalue weighted by Crippen LogP contribution is 2.37. The maximum Gasteiger partial charge on any atom is 0.491 e. The van der Waals surface area contributed by atoms with Gasteiger partial charge < -0.3 is 10.1 Å². The second-order valence-corrected chi connectivity index (χ2v) is 6.64. The van der Waals surface area contributed by atoms with Crippen LogP contribution in [-0.4, -0.2) is 25.2 Å². The number of carbonyl (C=O) groups is 1. The van der Waals surface area contributed by atoms with Crippen LogP contribution in [-0.2, 0) is 4.79 Å². The first kappa shape index (κ1) is 18.0. The average Bonchev–Trinajstić information content (AvgIpc) is 2.62. The number of alkyl halides is 3. The molecule has 136 valence electrons. The Morgan fingerprint density at radius 1 is 1.16 bits per heavy atom. The quantitative estimate of drug-likeness (QED) is 0.639. The monoisotopic (exact) mass is 353 g/mol. The highest BCUT2D eigenvalue weighted by molar-refractivity contribution is 5.81. The predicted octanol–water partition coefficient (Wildman–Crippen LogP) is 4.58. The third-order valence-electron chi connectivity index (χ3n) is 4.89. The lowest BCUT2D eigenvalue weighted by atomic mass is 9.86. The first-order chi connectivity index (χ1) is 11.9. The zero-order valence-electron chi connectivity index (χ0n) is 14.0. The van der Waals surface area contributed by atoms with Crippen molar-refractivity contribution in [2.24, 2.45) is 0 Å². The maximum absolute atomic E-state index is 12.6. The van der Waals surface area contributed by atoms with Crippen molar-refractivity contribution in [3.8, 4) is 5.75 Å². The number of hydrogen-bond acceptors (Lipinski definition) is 3. The molecule has 0 aromatic heterocycles. The fourth-order valence-corrected chi connectivity index (χ4v) is 3.54. The Labute approximate surface area is 145 Å². The summed E-state index contributed by atoms with van der Waals surface area (Å²) in [5.74, 6) is -1.77. The van der Waals surface area contributed by atoms with E-state index < -0.39 is 12.1 Å². The Bertz CT molecular complexity index is 661. The molecule has 0 unspecified atom stereocenters. The number of nitrogens with one attached hydrogen (secondary N) is 1. The largest absolute Gasteiger partial charge is 0.491 e. The molecule has 1 aromatic carbocycles. The first-order valence-corrected chi connectivity index (χ1v) is 8.78. The average molecular weight is 353 g/mol. The second kappa shape index (κ2) is 7.60. The van der Waals surface area contributed by atoms with Crippen LogP contribution in [0.15, 0.2) is 24.3 Å². The van der Waals surface area contributed by atoms with Gasteiger partial charge in [0.15, 0.2) is 0 Å². The van der Waals surface area contributed by atoms with E-state index in [-0.39, 0.29) is 5.75 Å². The van der Waals surface area contributed by atoms with E-state index in [2.05, 4.69) is 16.1 Å². The Hall–Kier alpha value is -1.82. The van der Waals surface area contributed by atoms with Crippen LogP contribution in [0.3, 0.4) is 0 Å². The van der Waals surface area contributed by atoms with E-state index in [1.54, 1.807) is 6.07 Å². The van der Waals surface area contributed by atoms with Crippen molar-refractivity contribution in [1.29, 1.82) is 0 Å². The molecule has 0 amide bonds. The van der Waals surface area contributed by atoms with Gasteiger partial charge in [-0.05, 0) is 80.8 Å². The number of rotatable bonds is 3. The van der Waals surface area contributed by atoms with E-state index in [0.29, 0.717) is 11.5 Å². The van der Waals surface area contributed by atoms with Crippen molar-refractivity contribution >= 4 is 11.5 Å². The van der Waals surface area contributed by atoms with Crippen molar-refractivity contribution in [3.63, 3.8) is 0 Å². The number of hydrogen-bond donors (Lipinski definition) is 1. The third-order valence-corrected chi connectivity index (χ3v) is 4.89. The van der Waals surface area contributed by atoms with Gasteiger partial charge in [-0.1, -0.05) is 12.1 Å². The fraction of sp³-hybridized carbons (Fsp3) is 0.526. The molecule has 0 spiro atoms. The van der Waals surface area contributed by atoms with E-state index in [9.17, 15) is 18.0 Å². The van der Waals surface area contributed by atoms with Gasteiger partial charge in [-0.2, -0.15) is 13.2 Å². The molecule has 0 atom stereocenters. The smallest absolute Gasteiger partial charge is 0.419 e. The Balaban J connectivity index is 1.93. The number of piperidine rings is 1. The Morgan fingerprint density at radius 2 is 1.92 bits per heavy atom. The molecule has 0 saturated carbocycles. The van der Waals surface area contributed by atoms with Gasteiger partial charge in [-0.15, -0.1) is 0 Å². The molecule has 3 nitrogen and oxygen atoms in total. The lowest BCUT2D eigenvalue weighted by Crippen LogP contribution is -2.28. The van der Waals surface area contributed by atoms with Gasteiger partial charge in [0.1, 0.15) is 5.75 Å². The van der Waals surface area contributed by atoms with Crippen molar-refractivity contribution in [3.05, 3.63) is 35.4 Å². The third kappa shape index (κ3) is 4.42. The van der Waals surface area contributed by atoms with Gasteiger partial charge in [-0.25, -0.2) is 4.79 Å². The summed E-state index contributed by atoms with van der Waals surface area (Å²) >= 11 is 0. The van der Waals surface area contributed by atoms with Gasteiger partial charge in [0.25, 0.3) is 0 Å². The van der Waals surface area contributed by atoms with Crippen molar-refractivity contribution in [2.75, 3.05) is 13.1 Å². The SMILES string of the molecule is O=C(Oc1ccc(C2CCNCC2)cc1C1=CCCCC1)C(F)(F)F. The van der Waals surface area contributed by atoms with E-state index in [1.165, 1.54) is 6.07 Å². The second-order valence-electron chi connectivity index (χ2n) is 6.64. The lowest BCUT2D eigenvalue weighted by Gasteiger charge is -2.25. The van der Waals surface area contributed by atoms with Crippen LogP contribution in [0.25, 0.3) is 5.57 Å². The molecular weight excluding hydrogens is 331 g/mol. The minimum absolute atomic E-state index is 0.00756. The molecule has 3 rings (SSSR count). The summed E-state index contributed by atoms with van der Waals surface area (Å²) in [6.45, 7) is 1.88. The summed E-state index contributed by atoms with van der Waals surface area (Å²) in [7, 11) is 0. The van der Waals surface area contributed by atoms with E-state index in [1.807, 2.05) is 6.07 Å². The topological polar surface area (TPSA) is 38.3 Å². The summed E-state index contributed by atoms with van der Waals surface area (Å²) in [5.41, 5.74) is 2.72. The van der Waals surface area contributed by atoms with Crippen molar-refractivity contribution < 1.29 is 22.7 Å². The minimum Gasteiger partial charge on any atom is -0.419 e. The normalized spacial score (nSPS) is 19.4. The standard InChI is InChI=1S/C19H22F3NO2/c20-19(21,22)18(24)25-17-7-6-15(13-8-10-23-11-9-13)12-16(17)14-4-2-1-3-5-14/h4,6-7,12-13,23H,1-3,5,8-11H2. The molecule has 1 heterocycles. The molecule has 0 bridgehead atoms. The highest BCUT2D eigenvalue weighted by atomic mass is 19.4. The Kier molecular flexibility index (Phi) is 5.47. The van der Waals surface area contributed by atoms with Gasteiger partial charge >= 0.3 is 12.1 Å². The molecule has 1 saturated heterocycles. The van der Waals surface area contributed by atoms with E-state index >= 15 is 0 Å². The summed E-state index contributed by atoms with van der Waals surface area (Å²) < 4.78 is 42.4. The number of ether oxygens (including phenoxy) is 1. The van der Waals surface area contributed by atoms with Crippen LogP contribution >= 0.6 is 0 Å². The number of halogens is 3. The molecule has 1 aromatic rings. The summed E-state index contributed by atoms with van der Waals surface area (Å²) in [4.78, 5) is 11.3. The van der Waals surface area contributed by atoms with Crippen molar-refractivity contribution in [2.45, 2.75) is 50.6 Å². The van der Waals surface area contributed by atoms with Gasteiger partial charge in [0.2, 0.25) is 0 Å². The number of carbonyl (C=O) groups excluding carboxylic acids is 1. The van der Waals surface area contributed by atoms with Crippen LogP contribution in [0.2, 0.25) is 0 Å².